The highest BCUT2D eigenvalue weighted by Gasteiger charge is 2.26. The van der Waals surface area contributed by atoms with Crippen molar-refractivity contribution in [3.05, 3.63) is 23.8 Å². The maximum atomic E-state index is 7.80. The van der Waals surface area contributed by atoms with Gasteiger partial charge in [-0.2, -0.15) is 0 Å². The smallest absolute Gasteiger partial charge is 0.131 e. The molecule has 1 aromatic carbocycles. The number of amidine groups is 1. The van der Waals surface area contributed by atoms with Crippen molar-refractivity contribution >= 4 is 17.6 Å². The van der Waals surface area contributed by atoms with Crippen LogP contribution in [0.1, 0.15) is 38.7 Å². The Hall–Kier alpha value is -1.16. The van der Waals surface area contributed by atoms with Gasteiger partial charge in [0.25, 0.3) is 0 Å². The number of benzene rings is 1. The predicted octanol–water partition coefficient (Wildman–Crippen LogP) is 3.90. The number of nitrogen functional groups attached to an aromatic ring is 1. The molecule has 110 valence electrons. The van der Waals surface area contributed by atoms with E-state index >= 15 is 0 Å². The summed E-state index contributed by atoms with van der Waals surface area (Å²) in [5.41, 5.74) is 6.48. The molecule has 0 bridgehead atoms. The van der Waals surface area contributed by atoms with Crippen molar-refractivity contribution in [2.45, 2.75) is 44.1 Å². The topological polar surface area (TPSA) is 59.1 Å². The number of thioether (sulfide) groups is 1. The van der Waals surface area contributed by atoms with Gasteiger partial charge in [-0.15, -0.1) is 11.8 Å². The number of hydrogen-bond donors (Lipinski definition) is 2. The fraction of sp³-hybridized carbons (Fsp3) is 0.562. The van der Waals surface area contributed by atoms with E-state index in [1.165, 1.54) is 6.42 Å². The molecule has 0 amide bonds. The van der Waals surface area contributed by atoms with Crippen molar-refractivity contribution in [2.75, 3.05) is 6.26 Å². The summed E-state index contributed by atoms with van der Waals surface area (Å²) in [6, 6.07) is 5.89. The Morgan fingerprint density at radius 3 is 2.45 bits per heavy atom. The molecule has 1 saturated carbocycles. The van der Waals surface area contributed by atoms with Crippen LogP contribution in [0, 0.1) is 17.2 Å². The molecule has 1 aromatic rings. The second kappa shape index (κ2) is 6.53. The Kier molecular flexibility index (Phi) is 4.97. The minimum Gasteiger partial charge on any atom is -0.490 e. The van der Waals surface area contributed by atoms with Crippen LogP contribution < -0.4 is 10.5 Å². The van der Waals surface area contributed by atoms with Crippen LogP contribution in [0.4, 0.5) is 0 Å². The first-order chi connectivity index (χ1) is 9.51. The molecule has 1 fully saturated rings. The molecule has 2 unspecified atom stereocenters. The molecular weight excluding hydrogens is 268 g/mol. The standard InChI is InChI=1S/C16H24N2OS/c1-10-7-11(2)9-12(8-10)19-13-5-4-6-14(20-3)15(13)16(17)18/h4-6,10-12H,7-9H2,1-3H3,(H3,17,18). The first-order valence-corrected chi connectivity index (χ1v) is 8.41. The molecule has 0 aliphatic heterocycles. The van der Waals surface area contributed by atoms with E-state index in [2.05, 4.69) is 13.8 Å². The van der Waals surface area contributed by atoms with Crippen molar-refractivity contribution in [1.82, 2.24) is 0 Å². The monoisotopic (exact) mass is 292 g/mol. The van der Waals surface area contributed by atoms with Crippen molar-refractivity contribution in [2.24, 2.45) is 17.6 Å². The van der Waals surface area contributed by atoms with E-state index in [0.717, 1.165) is 29.1 Å². The van der Waals surface area contributed by atoms with Gasteiger partial charge in [0.05, 0.1) is 11.7 Å². The van der Waals surface area contributed by atoms with Crippen LogP contribution in [0.15, 0.2) is 23.1 Å². The largest absolute Gasteiger partial charge is 0.490 e. The van der Waals surface area contributed by atoms with Gasteiger partial charge in [0.1, 0.15) is 11.6 Å². The molecule has 2 atom stereocenters. The Morgan fingerprint density at radius 2 is 1.90 bits per heavy atom. The lowest BCUT2D eigenvalue weighted by molar-refractivity contribution is 0.101. The fourth-order valence-corrected chi connectivity index (χ4v) is 3.82. The fourth-order valence-electron chi connectivity index (χ4n) is 3.19. The molecule has 2 rings (SSSR count). The van der Waals surface area contributed by atoms with Gasteiger partial charge in [-0.25, -0.2) is 0 Å². The number of hydrogen-bond acceptors (Lipinski definition) is 3. The van der Waals surface area contributed by atoms with E-state index in [1.807, 2.05) is 24.5 Å². The zero-order valence-corrected chi connectivity index (χ0v) is 13.3. The minimum atomic E-state index is 0.0851. The average Bonchev–Trinajstić information content (AvgIpc) is 2.36. The molecular formula is C16H24N2OS. The van der Waals surface area contributed by atoms with E-state index in [-0.39, 0.29) is 11.9 Å². The number of rotatable bonds is 4. The molecule has 0 heterocycles. The normalized spacial score (nSPS) is 26.2. The average molecular weight is 292 g/mol. The van der Waals surface area contributed by atoms with Crippen LogP contribution >= 0.6 is 11.8 Å². The van der Waals surface area contributed by atoms with Crippen molar-refractivity contribution in [3.63, 3.8) is 0 Å². The van der Waals surface area contributed by atoms with Crippen LogP contribution in [-0.4, -0.2) is 18.2 Å². The van der Waals surface area contributed by atoms with E-state index in [1.54, 1.807) is 11.8 Å². The second-order valence-electron chi connectivity index (χ2n) is 5.90. The van der Waals surface area contributed by atoms with Gasteiger partial charge < -0.3 is 10.5 Å². The number of nitrogens with one attached hydrogen (secondary N) is 1. The maximum absolute atomic E-state index is 7.80. The van der Waals surface area contributed by atoms with Gasteiger partial charge in [0, 0.05) is 4.90 Å². The molecule has 3 nitrogen and oxygen atoms in total. The molecule has 0 saturated heterocycles. The summed E-state index contributed by atoms with van der Waals surface area (Å²) in [6.07, 6.45) is 5.70. The summed E-state index contributed by atoms with van der Waals surface area (Å²) in [5, 5.41) is 7.80. The van der Waals surface area contributed by atoms with Gasteiger partial charge in [0.2, 0.25) is 0 Å². The Labute approximate surface area is 125 Å². The molecule has 0 aromatic heterocycles. The van der Waals surface area contributed by atoms with E-state index in [4.69, 9.17) is 15.9 Å². The molecule has 3 N–H and O–H groups in total. The van der Waals surface area contributed by atoms with Crippen LogP contribution in [0.3, 0.4) is 0 Å². The van der Waals surface area contributed by atoms with Gasteiger partial charge in [-0.3, -0.25) is 5.41 Å². The first-order valence-electron chi connectivity index (χ1n) is 7.19. The highest BCUT2D eigenvalue weighted by molar-refractivity contribution is 7.98. The lowest BCUT2D eigenvalue weighted by Crippen LogP contribution is -2.29. The Morgan fingerprint density at radius 1 is 1.25 bits per heavy atom. The maximum Gasteiger partial charge on any atom is 0.131 e. The second-order valence-corrected chi connectivity index (χ2v) is 6.75. The Bertz CT molecular complexity index is 479. The summed E-state index contributed by atoms with van der Waals surface area (Å²) < 4.78 is 6.20. The minimum absolute atomic E-state index is 0.0851. The van der Waals surface area contributed by atoms with Gasteiger partial charge in [0.15, 0.2) is 0 Å². The summed E-state index contributed by atoms with van der Waals surface area (Å²) in [7, 11) is 0. The highest BCUT2D eigenvalue weighted by atomic mass is 32.2. The molecule has 1 aliphatic carbocycles. The van der Waals surface area contributed by atoms with Crippen LogP contribution in [-0.2, 0) is 0 Å². The van der Waals surface area contributed by atoms with Crippen molar-refractivity contribution < 1.29 is 4.74 Å². The van der Waals surface area contributed by atoms with E-state index in [0.29, 0.717) is 11.8 Å². The van der Waals surface area contributed by atoms with Crippen LogP contribution in [0.25, 0.3) is 0 Å². The number of nitrogens with two attached hydrogens (primary N) is 1. The third kappa shape index (κ3) is 3.48. The lowest BCUT2D eigenvalue weighted by Gasteiger charge is -2.32. The highest BCUT2D eigenvalue weighted by Crippen LogP contribution is 2.34. The van der Waals surface area contributed by atoms with Crippen molar-refractivity contribution in [1.29, 1.82) is 5.41 Å². The predicted molar refractivity (Wildman–Crippen MR) is 85.8 cm³/mol. The molecule has 20 heavy (non-hydrogen) atoms. The summed E-state index contributed by atoms with van der Waals surface area (Å²) in [5.74, 6) is 2.25. The SMILES string of the molecule is CSc1cccc(OC2CC(C)CC(C)C2)c1C(=N)N. The quantitative estimate of drug-likeness (QED) is 0.503. The van der Waals surface area contributed by atoms with Crippen LogP contribution in [0.2, 0.25) is 0 Å². The molecule has 0 spiro atoms. The molecule has 0 radical (unpaired) electrons. The third-order valence-electron chi connectivity index (χ3n) is 3.91. The van der Waals surface area contributed by atoms with Gasteiger partial charge in [-0.1, -0.05) is 19.9 Å². The van der Waals surface area contributed by atoms with Gasteiger partial charge >= 0.3 is 0 Å². The summed E-state index contributed by atoms with van der Waals surface area (Å²) in [6.45, 7) is 4.58. The molecule has 4 heteroatoms. The molecule has 1 aliphatic rings. The zero-order valence-electron chi connectivity index (χ0n) is 12.5. The third-order valence-corrected chi connectivity index (χ3v) is 4.69. The summed E-state index contributed by atoms with van der Waals surface area (Å²) >= 11 is 1.60. The van der Waals surface area contributed by atoms with E-state index < -0.39 is 0 Å². The first kappa shape index (κ1) is 15.2. The lowest BCUT2D eigenvalue weighted by atomic mass is 9.82. The van der Waals surface area contributed by atoms with Crippen molar-refractivity contribution in [3.8, 4) is 5.75 Å². The Balaban J connectivity index is 2.22. The zero-order chi connectivity index (χ0) is 14.7. The number of ether oxygens (including phenoxy) is 1. The summed E-state index contributed by atoms with van der Waals surface area (Å²) in [4.78, 5) is 1.01. The van der Waals surface area contributed by atoms with E-state index in [9.17, 15) is 0 Å². The van der Waals surface area contributed by atoms with Gasteiger partial charge in [-0.05, 0) is 49.5 Å². The van der Waals surface area contributed by atoms with Crippen LogP contribution in [0.5, 0.6) is 5.75 Å².